The number of hydrogen-bond donors (Lipinski definition) is 0. The molecule has 3 heterocycles. The fourth-order valence-corrected chi connectivity index (χ4v) is 2.85. The molecule has 1 aliphatic heterocycles. The smallest absolute Gasteiger partial charge is 0.185 e. The molecule has 0 atom stereocenters. The van der Waals surface area contributed by atoms with E-state index in [-0.39, 0.29) is 0 Å². The van der Waals surface area contributed by atoms with Gasteiger partial charge in [-0.1, -0.05) is 11.3 Å². The number of anilines is 1. The van der Waals surface area contributed by atoms with E-state index in [0.717, 1.165) is 47.7 Å². The van der Waals surface area contributed by atoms with Crippen molar-refractivity contribution in [2.75, 3.05) is 31.2 Å². The van der Waals surface area contributed by atoms with Gasteiger partial charge in [-0.2, -0.15) is 0 Å². The summed E-state index contributed by atoms with van der Waals surface area (Å²) in [6.45, 7) is 5.33. The largest absolute Gasteiger partial charge is 0.378 e. The SMILES string of the molecule is Cc1cncc(/C=C/c2cnc(N3CCOCC3)s2)n1. The number of aryl methyl sites for hydroxylation is 1. The average Bonchev–Trinajstić information content (AvgIpc) is 2.95. The van der Waals surface area contributed by atoms with Gasteiger partial charge in [0.2, 0.25) is 0 Å². The van der Waals surface area contributed by atoms with E-state index in [2.05, 4.69) is 19.9 Å². The standard InChI is InChI=1S/C14H16N4OS/c1-11-8-15-9-12(17-11)2-3-13-10-16-14(20-13)18-4-6-19-7-5-18/h2-3,8-10H,4-7H2,1H3/b3-2+. The van der Waals surface area contributed by atoms with Crippen LogP contribution in [0.4, 0.5) is 5.13 Å². The van der Waals surface area contributed by atoms with Gasteiger partial charge in [0.25, 0.3) is 0 Å². The quantitative estimate of drug-likeness (QED) is 0.867. The van der Waals surface area contributed by atoms with E-state index in [9.17, 15) is 0 Å². The Bertz CT molecular complexity index is 605. The highest BCUT2D eigenvalue weighted by Crippen LogP contribution is 2.24. The Balaban J connectivity index is 1.70. The van der Waals surface area contributed by atoms with Crippen LogP contribution in [-0.4, -0.2) is 41.3 Å². The third kappa shape index (κ3) is 3.20. The third-order valence-electron chi connectivity index (χ3n) is 2.98. The predicted octanol–water partition coefficient (Wildman–Crippen LogP) is 2.25. The summed E-state index contributed by atoms with van der Waals surface area (Å²) < 4.78 is 5.35. The van der Waals surface area contributed by atoms with Crippen LogP contribution in [-0.2, 0) is 4.74 Å². The van der Waals surface area contributed by atoms with E-state index in [1.54, 1.807) is 23.7 Å². The van der Waals surface area contributed by atoms with Gasteiger partial charge in [0.15, 0.2) is 5.13 Å². The summed E-state index contributed by atoms with van der Waals surface area (Å²) in [6.07, 6.45) is 9.41. The van der Waals surface area contributed by atoms with Gasteiger partial charge in [-0.15, -0.1) is 0 Å². The van der Waals surface area contributed by atoms with Crippen LogP contribution in [0, 0.1) is 6.92 Å². The van der Waals surface area contributed by atoms with E-state index in [4.69, 9.17) is 4.74 Å². The molecule has 0 aromatic carbocycles. The van der Waals surface area contributed by atoms with Crippen molar-refractivity contribution >= 4 is 28.6 Å². The molecule has 20 heavy (non-hydrogen) atoms. The maximum Gasteiger partial charge on any atom is 0.185 e. The van der Waals surface area contributed by atoms with Crippen molar-refractivity contribution in [3.05, 3.63) is 34.9 Å². The van der Waals surface area contributed by atoms with Gasteiger partial charge in [-0.3, -0.25) is 9.97 Å². The molecular weight excluding hydrogens is 272 g/mol. The number of aromatic nitrogens is 3. The fraction of sp³-hybridized carbons (Fsp3) is 0.357. The molecule has 104 valence electrons. The molecule has 0 unspecified atom stereocenters. The first kappa shape index (κ1) is 13.2. The summed E-state index contributed by atoms with van der Waals surface area (Å²) in [5.41, 5.74) is 1.79. The highest BCUT2D eigenvalue weighted by Gasteiger charge is 2.13. The molecule has 5 nitrogen and oxygen atoms in total. The minimum absolute atomic E-state index is 0.781. The topological polar surface area (TPSA) is 51.1 Å². The molecule has 0 radical (unpaired) electrons. The van der Waals surface area contributed by atoms with Crippen LogP contribution in [0.15, 0.2) is 18.6 Å². The minimum atomic E-state index is 0.781. The summed E-state index contributed by atoms with van der Waals surface area (Å²) in [6, 6.07) is 0. The summed E-state index contributed by atoms with van der Waals surface area (Å²) in [7, 11) is 0. The molecule has 0 amide bonds. The van der Waals surface area contributed by atoms with Crippen LogP contribution in [0.3, 0.4) is 0 Å². The highest BCUT2D eigenvalue weighted by atomic mass is 32.1. The molecule has 0 spiro atoms. The molecule has 3 rings (SSSR count). The van der Waals surface area contributed by atoms with Crippen molar-refractivity contribution in [3.63, 3.8) is 0 Å². The van der Waals surface area contributed by atoms with Crippen molar-refractivity contribution in [2.24, 2.45) is 0 Å². The minimum Gasteiger partial charge on any atom is -0.378 e. The molecule has 0 aliphatic carbocycles. The van der Waals surface area contributed by atoms with E-state index in [1.165, 1.54) is 0 Å². The van der Waals surface area contributed by atoms with E-state index < -0.39 is 0 Å². The van der Waals surface area contributed by atoms with Crippen LogP contribution in [0.2, 0.25) is 0 Å². The summed E-state index contributed by atoms with van der Waals surface area (Å²) in [5, 5.41) is 1.06. The number of thiazole rings is 1. The lowest BCUT2D eigenvalue weighted by atomic mass is 10.3. The third-order valence-corrected chi connectivity index (χ3v) is 4.01. The zero-order valence-electron chi connectivity index (χ0n) is 11.3. The fourth-order valence-electron chi connectivity index (χ4n) is 1.99. The Kier molecular flexibility index (Phi) is 4.03. The lowest BCUT2D eigenvalue weighted by Crippen LogP contribution is -2.36. The van der Waals surface area contributed by atoms with E-state index >= 15 is 0 Å². The predicted molar refractivity (Wildman–Crippen MR) is 80.8 cm³/mol. The van der Waals surface area contributed by atoms with Gasteiger partial charge in [0.1, 0.15) is 0 Å². The van der Waals surface area contributed by atoms with Crippen LogP contribution in [0.5, 0.6) is 0 Å². The van der Waals surface area contributed by atoms with Crippen molar-refractivity contribution < 1.29 is 4.74 Å². The van der Waals surface area contributed by atoms with E-state index in [0.29, 0.717) is 0 Å². The number of morpholine rings is 1. The zero-order chi connectivity index (χ0) is 13.8. The lowest BCUT2D eigenvalue weighted by molar-refractivity contribution is 0.122. The summed E-state index contributed by atoms with van der Waals surface area (Å²) >= 11 is 1.69. The monoisotopic (exact) mass is 288 g/mol. The first-order valence-electron chi connectivity index (χ1n) is 6.56. The van der Waals surface area contributed by atoms with Gasteiger partial charge in [0, 0.05) is 30.4 Å². The van der Waals surface area contributed by atoms with E-state index in [1.807, 2.05) is 25.3 Å². The van der Waals surface area contributed by atoms with Gasteiger partial charge in [0.05, 0.1) is 30.8 Å². The first-order valence-corrected chi connectivity index (χ1v) is 7.38. The Labute approximate surface area is 122 Å². The van der Waals surface area contributed by atoms with Crippen molar-refractivity contribution in [1.82, 2.24) is 15.0 Å². The van der Waals surface area contributed by atoms with Gasteiger partial charge >= 0.3 is 0 Å². The van der Waals surface area contributed by atoms with Crippen molar-refractivity contribution in [3.8, 4) is 0 Å². The molecule has 1 aliphatic rings. The van der Waals surface area contributed by atoms with Crippen molar-refractivity contribution in [1.29, 1.82) is 0 Å². The second kappa shape index (κ2) is 6.11. The van der Waals surface area contributed by atoms with Crippen LogP contribution < -0.4 is 4.90 Å². The molecular formula is C14H16N4OS. The maximum atomic E-state index is 5.35. The van der Waals surface area contributed by atoms with Gasteiger partial charge in [-0.05, 0) is 19.1 Å². The summed E-state index contributed by atoms with van der Waals surface area (Å²) in [4.78, 5) is 16.4. The maximum absolute atomic E-state index is 5.35. The van der Waals surface area contributed by atoms with Crippen molar-refractivity contribution in [2.45, 2.75) is 6.92 Å². The van der Waals surface area contributed by atoms with Crippen LogP contribution >= 0.6 is 11.3 Å². The second-order valence-corrected chi connectivity index (χ2v) is 5.60. The number of nitrogens with zero attached hydrogens (tertiary/aromatic N) is 4. The van der Waals surface area contributed by atoms with Crippen LogP contribution in [0.25, 0.3) is 12.2 Å². The number of hydrogen-bond acceptors (Lipinski definition) is 6. The number of ether oxygens (including phenoxy) is 1. The Morgan fingerprint density at radius 2 is 2.05 bits per heavy atom. The van der Waals surface area contributed by atoms with Gasteiger partial charge < -0.3 is 9.64 Å². The molecule has 2 aromatic heterocycles. The molecule has 6 heteroatoms. The zero-order valence-corrected chi connectivity index (χ0v) is 12.1. The molecule has 1 fully saturated rings. The molecule has 1 saturated heterocycles. The lowest BCUT2D eigenvalue weighted by Gasteiger charge is -2.25. The van der Waals surface area contributed by atoms with Crippen LogP contribution in [0.1, 0.15) is 16.3 Å². The Morgan fingerprint density at radius 3 is 2.85 bits per heavy atom. The molecule has 2 aromatic rings. The molecule has 0 saturated carbocycles. The molecule has 0 N–H and O–H groups in total. The van der Waals surface area contributed by atoms with Gasteiger partial charge in [-0.25, -0.2) is 4.98 Å². The first-order chi connectivity index (χ1) is 9.81. The Hall–Kier alpha value is -1.79. The Morgan fingerprint density at radius 1 is 1.20 bits per heavy atom. The summed E-state index contributed by atoms with van der Waals surface area (Å²) in [5.74, 6) is 0. The second-order valence-electron chi connectivity index (χ2n) is 4.56. The molecule has 0 bridgehead atoms. The highest BCUT2D eigenvalue weighted by molar-refractivity contribution is 7.16. The average molecular weight is 288 g/mol. The normalized spacial score (nSPS) is 15.9. The number of rotatable bonds is 3.